The van der Waals surface area contributed by atoms with Crippen molar-refractivity contribution in [1.82, 2.24) is 9.38 Å². The van der Waals surface area contributed by atoms with Gasteiger partial charge in [0.25, 0.3) is 0 Å². The summed E-state index contributed by atoms with van der Waals surface area (Å²) in [6.45, 7) is 2.11. The van der Waals surface area contributed by atoms with Gasteiger partial charge in [-0.1, -0.05) is 17.7 Å². The molecule has 78 valence electrons. The van der Waals surface area contributed by atoms with E-state index in [1.165, 1.54) is 6.33 Å². The average Bonchev–Trinajstić information content (AvgIpc) is 2.61. The fourth-order valence-corrected chi connectivity index (χ4v) is 1.56. The number of carbonyl (C=O) groups is 1. The van der Waals surface area contributed by atoms with Gasteiger partial charge in [-0.05, 0) is 19.1 Å². The van der Waals surface area contributed by atoms with Crippen molar-refractivity contribution in [2.75, 3.05) is 6.61 Å². The van der Waals surface area contributed by atoms with E-state index in [-0.39, 0.29) is 5.97 Å². The van der Waals surface area contributed by atoms with Gasteiger partial charge in [-0.3, -0.25) is 4.40 Å². The maximum atomic E-state index is 11.6. The van der Waals surface area contributed by atoms with Crippen molar-refractivity contribution in [2.24, 2.45) is 0 Å². The summed E-state index contributed by atoms with van der Waals surface area (Å²) in [6, 6.07) is 5.20. The number of hydrogen-bond donors (Lipinski definition) is 0. The number of fused-ring (bicyclic) bond motifs is 1. The molecular weight excluding hydrogens is 216 g/mol. The largest absolute Gasteiger partial charge is 0.461 e. The molecule has 0 spiro atoms. The van der Waals surface area contributed by atoms with Crippen molar-refractivity contribution >= 4 is 23.1 Å². The van der Waals surface area contributed by atoms with E-state index in [1.54, 1.807) is 29.5 Å². The van der Waals surface area contributed by atoms with Crippen LogP contribution in [-0.4, -0.2) is 22.0 Å². The van der Waals surface area contributed by atoms with Crippen LogP contribution in [-0.2, 0) is 4.74 Å². The second kappa shape index (κ2) is 3.90. The Morgan fingerprint density at radius 2 is 2.40 bits per heavy atom. The Hall–Kier alpha value is -1.55. The lowest BCUT2D eigenvalue weighted by molar-refractivity contribution is 0.0517. The number of nitrogens with zero attached hydrogens (tertiary/aromatic N) is 2. The fraction of sp³-hybridized carbons (Fsp3) is 0.200. The monoisotopic (exact) mass is 224 g/mol. The quantitative estimate of drug-likeness (QED) is 0.735. The minimum atomic E-state index is -0.378. The molecule has 0 amide bonds. The van der Waals surface area contributed by atoms with Gasteiger partial charge in [0.15, 0.2) is 5.15 Å². The Labute approximate surface area is 91.4 Å². The Bertz CT molecular complexity index is 507. The van der Waals surface area contributed by atoms with Gasteiger partial charge in [-0.2, -0.15) is 0 Å². The average molecular weight is 225 g/mol. The lowest BCUT2D eigenvalue weighted by Crippen LogP contribution is -2.09. The number of pyridine rings is 1. The fourth-order valence-electron chi connectivity index (χ4n) is 1.36. The van der Waals surface area contributed by atoms with Gasteiger partial charge >= 0.3 is 5.97 Å². The number of aromatic nitrogens is 2. The molecule has 5 heteroatoms. The van der Waals surface area contributed by atoms with E-state index in [2.05, 4.69) is 4.98 Å². The van der Waals surface area contributed by atoms with Crippen molar-refractivity contribution in [1.29, 1.82) is 0 Å². The van der Waals surface area contributed by atoms with Gasteiger partial charge in [-0.15, -0.1) is 0 Å². The predicted octanol–water partition coefficient (Wildman–Crippen LogP) is 2.16. The minimum Gasteiger partial charge on any atom is -0.461 e. The Morgan fingerprint density at radius 1 is 1.60 bits per heavy atom. The summed E-state index contributed by atoms with van der Waals surface area (Å²) in [5, 5.41) is 0.376. The topological polar surface area (TPSA) is 43.6 Å². The maximum Gasteiger partial charge on any atom is 0.355 e. The molecule has 0 saturated heterocycles. The summed E-state index contributed by atoms with van der Waals surface area (Å²) in [5.74, 6) is -0.378. The SMILES string of the molecule is CCOC(=O)c1cccc2c(Cl)ncn12. The molecule has 0 bridgehead atoms. The third kappa shape index (κ3) is 1.68. The molecule has 2 aromatic rings. The molecule has 2 rings (SSSR count). The summed E-state index contributed by atoms with van der Waals surface area (Å²) in [7, 11) is 0. The highest BCUT2D eigenvalue weighted by Crippen LogP contribution is 2.17. The molecule has 0 aliphatic carbocycles. The molecule has 0 radical (unpaired) electrons. The summed E-state index contributed by atoms with van der Waals surface area (Å²) >= 11 is 5.84. The zero-order chi connectivity index (χ0) is 10.8. The van der Waals surface area contributed by atoms with Crippen LogP contribution < -0.4 is 0 Å². The van der Waals surface area contributed by atoms with Crippen LogP contribution in [0.1, 0.15) is 17.4 Å². The Kier molecular flexibility index (Phi) is 2.60. The highest BCUT2D eigenvalue weighted by atomic mass is 35.5. The molecule has 0 saturated carbocycles. The summed E-state index contributed by atoms with van der Waals surface area (Å²) < 4.78 is 6.53. The number of ether oxygens (including phenoxy) is 1. The van der Waals surface area contributed by atoms with Gasteiger partial charge in [0.05, 0.1) is 12.1 Å². The summed E-state index contributed by atoms with van der Waals surface area (Å²) in [4.78, 5) is 15.5. The highest BCUT2D eigenvalue weighted by Gasteiger charge is 2.12. The highest BCUT2D eigenvalue weighted by molar-refractivity contribution is 6.32. The van der Waals surface area contributed by atoms with Crippen molar-refractivity contribution in [3.8, 4) is 0 Å². The molecule has 0 N–H and O–H groups in total. The van der Waals surface area contributed by atoms with E-state index in [0.717, 1.165) is 0 Å². The number of hydrogen-bond acceptors (Lipinski definition) is 3. The summed E-state index contributed by atoms with van der Waals surface area (Å²) in [6.07, 6.45) is 1.50. The number of carbonyl (C=O) groups excluding carboxylic acids is 1. The van der Waals surface area contributed by atoms with Crippen LogP contribution in [0.25, 0.3) is 5.52 Å². The van der Waals surface area contributed by atoms with Crippen molar-refractivity contribution in [3.63, 3.8) is 0 Å². The molecule has 2 heterocycles. The van der Waals surface area contributed by atoms with E-state index in [9.17, 15) is 4.79 Å². The summed E-state index contributed by atoms with van der Waals surface area (Å²) in [5.41, 5.74) is 1.12. The molecule has 4 nitrogen and oxygen atoms in total. The molecule has 0 aliphatic rings. The smallest absolute Gasteiger partial charge is 0.355 e. The van der Waals surface area contributed by atoms with Crippen LogP contribution in [0.3, 0.4) is 0 Å². The van der Waals surface area contributed by atoms with Gasteiger partial charge in [0.1, 0.15) is 12.0 Å². The first-order valence-corrected chi connectivity index (χ1v) is 4.90. The van der Waals surface area contributed by atoms with Crippen molar-refractivity contribution < 1.29 is 9.53 Å². The number of rotatable bonds is 2. The van der Waals surface area contributed by atoms with Crippen molar-refractivity contribution in [3.05, 3.63) is 35.4 Å². The molecule has 0 unspecified atom stereocenters. The molecular formula is C10H9ClN2O2. The zero-order valence-electron chi connectivity index (χ0n) is 8.11. The van der Waals surface area contributed by atoms with Gasteiger partial charge < -0.3 is 4.74 Å². The third-order valence-corrected chi connectivity index (χ3v) is 2.30. The molecule has 0 atom stereocenters. The molecule has 0 fully saturated rings. The van der Waals surface area contributed by atoms with Crippen molar-refractivity contribution in [2.45, 2.75) is 6.92 Å². The van der Waals surface area contributed by atoms with Crippen LogP contribution in [0.15, 0.2) is 24.5 Å². The van der Waals surface area contributed by atoms with Crippen LogP contribution >= 0.6 is 11.6 Å². The van der Waals surface area contributed by atoms with E-state index in [0.29, 0.717) is 23.0 Å². The maximum absolute atomic E-state index is 11.6. The lowest BCUT2D eigenvalue weighted by Gasteiger charge is -2.04. The van der Waals surface area contributed by atoms with E-state index >= 15 is 0 Å². The van der Waals surface area contributed by atoms with E-state index < -0.39 is 0 Å². The normalized spacial score (nSPS) is 10.5. The van der Waals surface area contributed by atoms with Gasteiger partial charge in [-0.25, -0.2) is 9.78 Å². The molecule has 0 aliphatic heterocycles. The van der Waals surface area contributed by atoms with Crippen LogP contribution in [0.5, 0.6) is 0 Å². The standard InChI is InChI=1S/C10H9ClN2O2/c1-2-15-10(14)8-5-3-4-7-9(11)12-6-13(7)8/h3-6H,2H2,1H3. The van der Waals surface area contributed by atoms with E-state index in [1.807, 2.05) is 0 Å². The zero-order valence-corrected chi connectivity index (χ0v) is 8.86. The first-order valence-electron chi connectivity index (χ1n) is 4.52. The van der Waals surface area contributed by atoms with Crippen LogP contribution in [0.4, 0.5) is 0 Å². The van der Waals surface area contributed by atoms with Crippen LogP contribution in [0, 0.1) is 0 Å². The molecule has 2 aromatic heterocycles. The third-order valence-electron chi connectivity index (χ3n) is 2.01. The Balaban J connectivity index is 2.56. The number of halogens is 1. The second-order valence-electron chi connectivity index (χ2n) is 2.92. The van der Waals surface area contributed by atoms with Gasteiger partial charge in [0, 0.05) is 0 Å². The number of esters is 1. The predicted molar refractivity (Wildman–Crippen MR) is 56.2 cm³/mol. The number of imidazole rings is 1. The first-order chi connectivity index (χ1) is 7.24. The second-order valence-corrected chi connectivity index (χ2v) is 3.28. The van der Waals surface area contributed by atoms with E-state index in [4.69, 9.17) is 16.3 Å². The Morgan fingerprint density at radius 3 is 3.13 bits per heavy atom. The van der Waals surface area contributed by atoms with Crippen LogP contribution in [0.2, 0.25) is 5.15 Å². The lowest BCUT2D eigenvalue weighted by atomic mass is 10.3. The first kappa shape index (κ1) is 9.98. The molecule has 0 aromatic carbocycles. The minimum absolute atomic E-state index is 0.345. The molecule has 15 heavy (non-hydrogen) atoms. The van der Waals surface area contributed by atoms with Gasteiger partial charge in [0.2, 0.25) is 0 Å².